The summed E-state index contributed by atoms with van der Waals surface area (Å²) >= 11 is 1.64. The predicted molar refractivity (Wildman–Crippen MR) is 72.8 cm³/mol. The lowest BCUT2D eigenvalue weighted by atomic mass is 9.97. The summed E-state index contributed by atoms with van der Waals surface area (Å²) in [5.74, 6) is -0.153. The van der Waals surface area contributed by atoms with Gasteiger partial charge in [0.2, 0.25) is 0 Å². The first-order valence-electron chi connectivity index (χ1n) is 5.68. The molecule has 0 spiro atoms. The summed E-state index contributed by atoms with van der Waals surface area (Å²) in [6, 6.07) is 4.28. The fraction of sp³-hybridized carbons (Fsp3) is 0.500. The van der Waals surface area contributed by atoms with Crippen LogP contribution in [0.3, 0.4) is 0 Å². The Labute approximate surface area is 107 Å². The largest absolute Gasteiger partial charge is 0.481 e. The van der Waals surface area contributed by atoms with Crippen LogP contribution in [0.1, 0.15) is 30.5 Å². The first-order chi connectivity index (χ1) is 7.74. The van der Waals surface area contributed by atoms with Crippen LogP contribution < -0.4 is 0 Å². The van der Waals surface area contributed by atoms with Crippen molar-refractivity contribution in [2.45, 2.75) is 39.5 Å². The second-order valence-electron chi connectivity index (χ2n) is 5.21. The summed E-state index contributed by atoms with van der Waals surface area (Å²) in [6.45, 7) is 9.77. The van der Waals surface area contributed by atoms with Crippen molar-refractivity contribution < 1.29 is 9.90 Å². The number of carbonyl (C=O) groups is 1. The SMILES string of the molecule is Cc1cc(C)c(SCC(C)(C)C(=O)O)c(C)c1. The quantitative estimate of drug-likeness (QED) is 0.828. The molecule has 0 radical (unpaired) electrons. The average molecular weight is 252 g/mol. The molecule has 1 rings (SSSR count). The lowest BCUT2D eigenvalue weighted by Gasteiger charge is -2.20. The summed E-state index contributed by atoms with van der Waals surface area (Å²) in [5.41, 5.74) is 3.03. The smallest absolute Gasteiger partial charge is 0.309 e. The van der Waals surface area contributed by atoms with Crippen LogP contribution >= 0.6 is 11.8 Å². The van der Waals surface area contributed by atoms with Gasteiger partial charge in [-0.3, -0.25) is 4.79 Å². The third-order valence-corrected chi connectivity index (χ3v) is 4.56. The molecular formula is C14H20O2S. The molecule has 0 atom stereocenters. The highest BCUT2D eigenvalue weighted by molar-refractivity contribution is 7.99. The van der Waals surface area contributed by atoms with E-state index >= 15 is 0 Å². The summed E-state index contributed by atoms with van der Waals surface area (Å²) in [4.78, 5) is 12.3. The molecule has 0 bridgehead atoms. The molecule has 0 aliphatic carbocycles. The number of carboxylic acids is 1. The zero-order valence-electron chi connectivity index (χ0n) is 11.1. The van der Waals surface area contributed by atoms with Gasteiger partial charge in [0, 0.05) is 10.6 Å². The summed E-state index contributed by atoms with van der Waals surface area (Å²) < 4.78 is 0. The number of aliphatic carboxylic acids is 1. The van der Waals surface area contributed by atoms with Crippen LogP contribution in [0.4, 0.5) is 0 Å². The van der Waals surface area contributed by atoms with Crippen molar-refractivity contribution >= 4 is 17.7 Å². The first-order valence-corrected chi connectivity index (χ1v) is 6.66. The zero-order chi connectivity index (χ0) is 13.2. The minimum Gasteiger partial charge on any atom is -0.481 e. The van der Waals surface area contributed by atoms with E-state index < -0.39 is 11.4 Å². The number of benzene rings is 1. The highest BCUT2D eigenvalue weighted by Gasteiger charge is 2.27. The highest BCUT2D eigenvalue weighted by atomic mass is 32.2. The number of aryl methyl sites for hydroxylation is 3. The van der Waals surface area contributed by atoms with Crippen LogP contribution in [0.2, 0.25) is 0 Å². The van der Waals surface area contributed by atoms with Crippen molar-refractivity contribution in [1.82, 2.24) is 0 Å². The molecule has 17 heavy (non-hydrogen) atoms. The van der Waals surface area contributed by atoms with Gasteiger partial charge in [-0.2, -0.15) is 0 Å². The minimum atomic E-state index is -0.743. The van der Waals surface area contributed by atoms with Gasteiger partial charge in [0.05, 0.1) is 5.41 Å². The van der Waals surface area contributed by atoms with E-state index in [1.54, 1.807) is 25.6 Å². The lowest BCUT2D eigenvalue weighted by molar-refractivity contribution is -0.145. The van der Waals surface area contributed by atoms with E-state index in [4.69, 9.17) is 5.11 Å². The molecule has 0 heterocycles. The monoisotopic (exact) mass is 252 g/mol. The van der Waals surface area contributed by atoms with E-state index in [1.165, 1.54) is 21.6 Å². The normalized spacial score (nSPS) is 11.6. The van der Waals surface area contributed by atoms with Gasteiger partial charge < -0.3 is 5.11 Å². The highest BCUT2D eigenvalue weighted by Crippen LogP contribution is 2.32. The van der Waals surface area contributed by atoms with Crippen LogP contribution in [-0.2, 0) is 4.79 Å². The fourth-order valence-electron chi connectivity index (χ4n) is 1.71. The van der Waals surface area contributed by atoms with E-state index in [2.05, 4.69) is 32.9 Å². The molecule has 94 valence electrons. The van der Waals surface area contributed by atoms with E-state index in [0.717, 1.165) is 0 Å². The second-order valence-corrected chi connectivity index (χ2v) is 6.19. The van der Waals surface area contributed by atoms with Gasteiger partial charge in [0.25, 0.3) is 0 Å². The summed E-state index contributed by atoms with van der Waals surface area (Å²) in [5, 5.41) is 9.09. The van der Waals surface area contributed by atoms with E-state index in [9.17, 15) is 4.79 Å². The third kappa shape index (κ3) is 3.50. The van der Waals surface area contributed by atoms with Crippen molar-refractivity contribution in [2.24, 2.45) is 5.41 Å². The molecule has 0 saturated heterocycles. The standard InChI is InChI=1S/C14H20O2S/c1-9-6-10(2)12(11(3)7-9)17-8-14(4,5)13(15)16/h6-7H,8H2,1-5H3,(H,15,16). The summed E-state index contributed by atoms with van der Waals surface area (Å²) in [6.07, 6.45) is 0. The van der Waals surface area contributed by atoms with Crippen LogP contribution in [-0.4, -0.2) is 16.8 Å². The fourth-order valence-corrected chi connectivity index (χ4v) is 2.91. The van der Waals surface area contributed by atoms with Crippen molar-refractivity contribution in [3.63, 3.8) is 0 Å². The molecule has 1 N–H and O–H groups in total. The maximum Gasteiger partial charge on any atom is 0.309 e. The zero-order valence-corrected chi connectivity index (χ0v) is 11.9. The van der Waals surface area contributed by atoms with E-state index in [0.29, 0.717) is 5.75 Å². The van der Waals surface area contributed by atoms with E-state index in [-0.39, 0.29) is 0 Å². The van der Waals surface area contributed by atoms with Crippen molar-refractivity contribution in [3.05, 3.63) is 28.8 Å². The second kappa shape index (κ2) is 5.13. The van der Waals surface area contributed by atoms with Gasteiger partial charge in [-0.25, -0.2) is 0 Å². The maximum atomic E-state index is 11.1. The van der Waals surface area contributed by atoms with Crippen molar-refractivity contribution in [3.8, 4) is 0 Å². The van der Waals surface area contributed by atoms with Crippen LogP contribution in [0.15, 0.2) is 17.0 Å². The Hall–Kier alpha value is -0.960. The van der Waals surface area contributed by atoms with Gasteiger partial charge in [-0.05, 0) is 45.7 Å². The molecule has 3 heteroatoms. The summed E-state index contributed by atoms with van der Waals surface area (Å²) in [7, 11) is 0. The van der Waals surface area contributed by atoms with Gasteiger partial charge >= 0.3 is 5.97 Å². The maximum absolute atomic E-state index is 11.1. The molecule has 0 aliphatic rings. The average Bonchev–Trinajstić information content (AvgIpc) is 2.15. The molecule has 2 nitrogen and oxygen atoms in total. The molecule has 0 amide bonds. The molecule has 0 aromatic heterocycles. The van der Waals surface area contributed by atoms with Crippen molar-refractivity contribution in [1.29, 1.82) is 0 Å². The van der Waals surface area contributed by atoms with Crippen LogP contribution in [0, 0.1) is 26.2 Å². The first kappa shape index (κ1) is 14.1. The Kier molecular flexibility index (Phi) is 4.26. The predicted octanol–water partition coefficient (Wildman–Crippen LogP) is 3.81. The number of thioether (sulfide) groups is 1. The van der Waals surface area contributed by atoms with Crippen LogP contribution in [0.5, 0.6) is 0 Å². The minimum absolute atomic E-state index is 0.590. The Morgan fingerprint density at radius 2 is 1.71 bits per heavy atom. The Morgan fingerprint density at radius 3 is 2.12 bits per heavy atom. The van der Waals surface area contributed by atoms with Crippen molar-refractivity contribution in [2.75, 3.05) is 5.75 Å². The molecule has 0 fully saturated rings. The van der Waals surface area contributed by atoms with Gasteiger partial charge in [-0.15, -0.1) is 11.8 Å². The Morgan fingerprint density at radius 1 is 1.24 bits per heavy atom. The molecule has 0 aliphatic heterocycles. The number of rotatable bonds is 4. The van der Waals surface area contributed by atoms with Gasteiger partial charge in [0.1, 0.15) is 0 Å². The Balaban J connectivity index is 2.87. The number of hydrogen-bond donors (Lipinski definition) is 1. The topological polar surface area (TPSA) is 37.3 Å². The molecule has 0 saturated carbocycles. The van der Waals surface area contributed by atoms with Crippen LogP contribution in [0.25, 0.3) is 0 Å². The van der Waals surface area contributed by atoms with E-state index in [1.807, 2.05) is 0 Å². The molecule has 0 unspecified atom stereocenters. The lowest BCUT2D eigenvalue weighted by Crippen LogP contribution is -2.26. The number of carboxylic acid groups (broad SMARTS) is 1. The third-order valence-electron chi connectivity index (χ3n) is 2.76. The Bertz CT molecular complexity index is 413. The van der Waals surface area contributed by atoms with Gasteiger partial charge in [0.15, 0.2) is 0 Å². The number of hydrogen-bond acceptors (Lipinski definition) is 2. The van der Waals surface area contributed by atoms with Gasteiger partial charge in [-0.1, -0.05) is 17.7 Å². The molecular weight excluding hydrogens is 232 g/mol. The molecule has 1 aromatic carbocycles. The molecule has 1 aromatic rings.